The van der Waals surface area contributed by atoms with Crippen LogP contribution in [-0.4, -0.2) is 34.8 Å². The van der Waals surface area contributed by atoms with Crippen molar-refractivity contribution in [2.75, 3.05) is 20.5 Å². The Labute approximate surface area is 169 Å². The molecule has 0 bridgehead atoms. The highest BCUT2D eigenvalue weighted by Crippen LogP contribution is 2.31. The van der Waals surface area contributed by atoms with E-state index in [9.17, 15) is 13.2 Å². The van der Waals surface area contributed by atoms with Crippen LogP contribution in [0.25, 0.3) is 11.0 Å². The van der Waals surface area contributed by atoms with Gasteiger partial charge in [0.25, 0.3) is 5.91 Å². The van der Waals surface area contributed by atoms with Crippen molar-refractivity contribution in [3.63, 3.8) is 0 Å². The Morgan fingerprint density at radius 1 is 1.14 bits per heavy atom. The molecule has 0 aliphatic carbocycles. The molecule has 1 unspecified atom stereocenters. The molecule has 0 radical (unpaired) electrons. The topological polar surface area (TPSA) is 94.8 Å². The highest BCUT2D eigenvalue weighted by Gasteiger charge is 2.25. The fourth-order valence-corrected chi connectivity index (χ4v) is 4.02. The minimum Gasteiger partial charge on any atom is -0.497 e. The molecule has 3 aromatic rings. The largest absolute Gasteiger partial charge is 0.497 e. The van der Waals surface area contributed by atoms with Gasteiger partial charge in [0, 0.05) is 22.8 Å². The van der Waals surface area contributed by atoms with E-state index in [-0.39, 0.29) is 11.5 Å². The Morgan fingerprint density at radius 3 is 2.52 bits per heavy atom. The summed E-state index contributed by atoms with van der Waals surface area (Å²) < 4.78 is 40.2. The Bertz CT molecular complexity index is 1150. The molecule has 0 fully saturated rings. The lowest BCUT2D eigenvalue weighted by atomic mass is 10.1. The predicted molar refractivity (Wildman–Crippen MR) is 110 cm³/mol. The number of para-hydroxylation sites is 1. The maximum Gasteiger partial charge on any atom is 0.287 e. The van der Waals surface area contributed by atoms with Gasteiger partial charge in [-0.3, -0.25) is 4.79 Å². The van der Waals surface area contributed by atoms with Crippen LogP contribution in [0.5, 0.6) is 11.5 Å². The van der Waals surface area contributed by atoms with Crippen molar-refractivity contribution in [2.24, 2.45) is 0 Å². The molecular weight excluding hydrogens is 394 g/mol. The number of carbonyl (C=O) groups excluding carboxylic acids is 1. The highest BCUT2D eigenvalue weighted by atomic mass is 32.2. The lowest BCUT2D eigenvalue weighted by molar-refractivity contribution is 0.0912. The van der Waals surface area contributed by atoms with E-state index in [0.717, 1.165) is 11.8 Å². The van der Waals surface area contributed by atoms with Crippen molar-refractivity contribution < 1.29 is 27.1 Å². The van der Waals surface area contributed by atoms with E-state index in [4.69, 9.17) is 13.9 Å². The summed E-state index contributed by atoms with van der Waals surface area (Å²) in [5.41, 5.74) is 1.54. The summed E-state index contributed by atoms with van der Waals surface area (Å²) >= 11 is 0. The summed E-state index contributed by atoms with van der Waals surface area (Å²) in [7, 11) is -0.270. The van der Waals surface area contributed by atoms with E-state index in [0.29, 0.717) is 28.0 Å². The summed E-state index contributed by atoms with van der Waals surface area (Å²) in [5.74, 6) is 0.425. The van der Waals surface area contributed by atoms with Gasteiger partial charge in [-0.05, 0) is 31.2 Å². The third-order valence-electron chi connectivity index (χ3n) is 4.56. The van der Waals surface area contributed by atoms with Gasteiger partial charge in [-0.2, -0.15) is 0 Å². The molecule has 1 atom stereocenters. The second-order valence-electron chi connectivity index (χ2n) is 6.78. The Morgan fingerprint density at radius 2 is 1.86 bits per heavy atom. The highest BCUT2D eigenvalue weighted by molar-refractivity contribution is 7.89. The van der Waals surface area contributed by atoms with E-state index in [1.54, 1.807) is 63.6 Å². The molecule has 7 nitrogen and oxygen atoms in total. The van der Waals surface area contributed by atoms with Crippen LogP contribution in [0.2, 0.25) is 0 Å². The minimum atomic E-state index is -3.37. The predicted octanol–water partition coefficient (Wildman–Crippen LogP) is 3.49. The van der Waals surface area contributed by atoms with Crippen molar-refractivity contribution in [3.8, 4) is 11.5 Å². The fourth-order valence-electron chi connectivity index (χ4n) is 3.21. The standard InChI is InChI=1S/C21H23NO6S/c1-13(16-11-14(26-2)9-10-18(16)27-3)22-21(23)20-17(12-29(4,24)25)15-7-5-6-8-19(15)28-20/h5-11,13H,12H2,1-4H3,(H,22,23). The number of hydrogen-bond acceptors (Lipinski definition) is 6. The average molecular weight is 417 g/mol. The number of sulfone groups is 1. The van der Waals surface area contributed by atoms with Gasteiger partial charge < -0.3 is 19.2 Å². The van der Waals surface area contributed by atoms with E-state index in [1.165, 1.54) is 0 Å². The van der Waals surface area contributed by atoms with Crippen molar-refractivity contribution in [1.82, 2.24) is 5.32 Å². The van der Waals surface area contributed by atoms with Gasteiger partial charge in [-0.1, -0.05) is 18.2 Å². The zero-order valence-corrected chi connectivity index (χ0v) is 17.5. The summed E-state index contributed by atoms with van der Waals surface area (Å²) in [5, 5.41) is 3.47. The van der Waals surface area contributed by atoms with Gasteiger partial charge in [-0.25, -0.2) is 8.42 Å². The van der Waals surface area contributed by atoms with Crippen LogP contribution in [0, 0.1) is 0 Å². The molecule has 0 spiro atoms. The first-order valence-electron chi connectivity index (χ1n) is 8.94. The SMILES string of the molecule is COc1ccc(OC)c(C(C)NC(=O)c2oc3ccccc3c2CS(C)(=O)=O)c1. The molecule has 29 heavy (non-hydrogen) atoms. The fraction of sp³-hybridized carbons (Fsp3) is 0.286. The molecule has 0 saturated carbocycles. The van der Waals surface area contributed by atoms with E-state index in [1.807, 2.05) is 0 Å². The number of ether oxygens (including phenoxy) is 2. The molecule has 1 heterocycles. The van der Waals surface area contributed by atoms with Gasteiger partial charge in [0.15, 0.2) is 15.6 Å². The first kappa shape index (κ1) is 20.7. The number of hydrogen-bond donors (Lipinski definition) is 1. The molecule has 154 valence electrons. The number of benzene rings is 2. The smallest absolute Gasteiger partial charge is 0.287 e. The summed E-state index contributed by atoms with van der Waals surface area (Å²) in [4.78, 5) is 13.0. The maximum absolute atomic E-state index is 13.0. The van der Waals surface area contributed by atoms with Crippen LogP contribution < -0.4 is 14.8 Å². The second kappa shape index (κ2) is 8.16. The van der Waals surface area contributed by atoms with Crippen molar-refractivity contribution in [1.29, 1.82) is 0 Å². The lowest BCUT2D eigenvalue weighted by Gasteiger charge is -2.18. The number of methoxy groups -OCH3 is 2. The Balaban J connectivity index is 1.97. The third kappa shape index (κ3) is 4.54. The van der Waals surface area contributed by atoms with E-state index >= 15 is 0 Å². The van der Waals surface area contributed by atoms with Crippen molar-refractivity contribution in [2.45, 2.75) is 18.7 Å². The first-order chi connectivity index (χ1) is 13.7. The van der Waals surface area contributed by atoms with Gasteiger partial charge >= 0.3 is 0 Å². The number of rotatable bonds is 7. The molecule has 3 rings (SSSR count). The molecule has 1 aromatic heterocycles. The number of nitrogens with one attached hydrogen (secondary N) is 1. The zero-order chi connectivity index (χ0) is 21.2. The summed E-state index contributed by atoms with van der Waals surface area (Å²) in [6.07, 6.45) is 1.13. The van der Waals surface area contributed by atoms with Crippen LogP contribution >= 0.6 is 0 Å². The lowest BCUT2D eigenvalue weighted by Crippen LogP contribution is -2.27. The van der Waals surface area contributed by atoms with Crippen LogP contribution in [0.15, 0.2) is 46.9 Å². The van der Waals surface area contributed by atoms with Gasteiger partial charge in [-0.15, -0.1) is 0 Å². The zero-order valence-electron chi connectivity index (χ0n) is 16.7. The molecule has 1 N–H and O–H groups in total. The van der Waals surface area contributed by atoms with Crippen molar-refractivity contribution in [3.05, 3.63) is 59.4 Å². The van der Waals surface area contributed by atoms with Gasteiger partial charge in [0.1, 0.15) is 17.1 Å². The van der Waals surface area contributed by atoms with Crippen LogP contribution in [0.1, 0.15) is 34.6 Å². The molecule has 1 amide bonds. The number of carbonyl (C=O) groups is 1. The van der Waals surface area contributed by atoms with E-state index < -0.39 is 21.8 Å². The van der Waals surface area contributed by atoms with Crippen LogP contribution in [0.3, 0.4) is 0 Å². The number of fused-ring (bicyclic) bond motifs is 1. The van der Waals surface area contributed by atoms with E-state index in [2.05, 4.69) is 5.32 Å². The van der Waals surface area contributed by atoms with Crippen LogP contribution in [-0.2, 0) is 15.6 Å². The molecule has 2 aromatic carbocycles. The van der Waals surface area contributed by atoms with Crippen molar-refractivity contribution >= 4 is 26.7 Å². The molecule has 0 saturated heterocycles. The number of amides is 1. The molecular formula is C21H23NO6S. The third-order valence-corrected chi connectivity index (χ3v) is 5.38. The average Bonchev–Trinajstić information content (AvgIpc) is 3.04. The van der Waals surface area contributed by atoms with Crippen LogP contribution in [0.4, 0.5) is 0 Å². The Kier molecular flexibility index (Phi) is 5.83. The van der Waals surface area contributed by atoms with Gasteiger partial charge in [0.05, 0.1) is 26.0 Å². The van der Waals surface area contributed by atoms with Gasteiger partial charge in [0.2, 0.25) is 0 Å². The summed E-state index contributed by atoms with van der Waals surface area (Å²) in [6.45, 7) is 1.80. The number of furan rings is 1. The second-order valence-corrected chi connectivity index (χ2v) is 8.92. The summed E-state index contributed by atoms with van der Waals surface area (Å²) in [6, 6.07) is 11.8. The molecule has 0 aliphatic rings. The quantitative estimate of drug-likeness (QED) is 0.632. The monoisotopic (exact) mass is 417 g/mol. The Hall–Kier alpha value is -3.00. The minimum absolute atomic E-state index is 0.00895. The molecule has 0 aliphatic heterocycles. The normalized spacial score (nSPS) is 12.6. The first-order valence-corrected chi connectivity index (χ1v) is 11.0. The molecule has 8 heteroatoms. The maximum atomic E-state index is 13.0.